The Hall–Kier alpha value is -2.35. The normalized spacial score (nSPS) is 11.1. The van der Waals surface area contributed by atoms with Gasteiger partial charge in [-0.25, -0.2) is 9.97 Å². The zero-order valence-electron chi connectivity index (χ0n) is 13.3. The van der Waals surface area contributed by atoms with E-state index in [0.717, 1.165) is 21.8 Å². The Labute approximate surface area is 162 Å². The molecular formula is C18H12ClN3O2S2. The van der Waals surface area contributed by atoms with Crippen molar-refractivity contribution in [3.8, 4) is 10.6 Å². The highest BCUT2D eigenvalue weighted by Crippen LogP contribution is 2.30. The minimum Gasteiger partial charge on any atom is -0.431 e. The van der Waals surface area contributed by atoms with Gasteiger partial charge in [0.15, 0.2) is 5.58 Å². The lowest BCUT2D eigenvalue weighted by Gasteiger charge is -1.98. The smallest absolute Gasteiger partial charge is 0.257 e. The van der Waals surface area contributed by atoms with Crippen LogP contribution in [0, 0.1) is 0 Å². The Morgan fingerprint density at radius 2 is 2.00 bits per heavy atom. The molecule has 5 nitrogen and oxygen atoms in total. The first kappa shape index (κ1) is 17.1. The maximum absolute atomic E-state index is 11.1. The van der Waals surface area contributed by atoms with Gasteiger partial charge in [0.1, 0.15) is 10.5 Å². The van der Waals surface area contributed by atoms with E-state index in [-0.39, 0.29) is 0 Å². The van der Waals surface area contributed by atoms with Crippen LogP contribution in [0.5, 0.6) is 0 Å². The fourth-order valence-corrected chi connectivity index (χ4v) is 4.18. The highest BCUT2D eigenvalue weighted by Gasteiger charge is 2.10. The monoisotopic (exact) mass is 401 g/mol. The van der Waals surface area contributed by atoms with E-state index in [9.17, 15) is 4.79 Å². The van der Waals surface area contributed by atoms with Crippen LogP contribution in [0.3, 0.4) is 0 Å². The van der Waals surface area contributed by atoms with E-state index < -0.39 is 5.91 Å². The summed E-state index contributed by atoms with van der Waals surface area (Å²) < 4.78 is 5.70. The van der Waals surface area contributed by atoms with Crippen LogP contribution in [0.1, 0.15) is 16.1 Å². The van der Waals surface area contributed by atoms with Crippen LogP contribution in [0.25, 0.3) is 21.7 Å². The molecule has 0 fully saturated rings. The Morgan fingerprint density at radius 3 is 2.77 bits per heavy atom. The molecular weight excluding hydrogens is 390 g/mol. The molecule has 2 heterocycles. The van der Waals surface area contributed by atoms with Crippen molar-refractivity contribution < 1.29 is 9.21 Å². The van der Waals surface area contributed by atoms with Crippen LogP contribution in [0.15, 0.2) is 57.5 Å². The van der Waals surface area contributed by atoms with Gasteiger partial charge in [0.05, 0.1) is 5.69 Å². The van der Waals surface area contributed by atoms with Gasteiger partial charge in [-0.15, -0.1) is 11.3 Å². The molecule has 1 amide bonds. The van der Waals surface area contributed by atoms with E-state index in [1.54, 1.807) is 35.6 Å². The van der Waals surface area contributed by atoms with E-state index in [1.165, 1.54) is 11.8 Å². The summed E-state index contributed by atoms with van der Waals surface area (Å²) in [7, 11) is 0. The van der Waals surface area contributed by atoms with Crippen molar-refractivity contribution in [2.75, 3.05) is 0 Å². The van der Waals surface area contributed by atoms with Gasteiger partial charge in [-0.2, -0.15) is 0 Å². The van der Waals surface area contributed by atoms with Gasteiger partial charge in [-0.1, -0.05) is 35.5 Å². The predicted molar refractivity (Wildman–Crippen MR) is 105 cm³/mol. The zero-order chi connectivity index (χ0) is 18.1. The highest BCUT2D eigenvalue weighted by atomic mass is 35.5. The first-order chi connectivity index (χ1) is 12.6. The second-order valence-electron chi connectivity index (χ2n) is 5.47. The third kappa shape index (κ3) is 3.60. The molecule has 0 spiro atoms. The molecule has 2 aromatic heterocycles. The fraction of sp³-hybridized carbons (Fsp3) is 0.0556. The van der Waals surface area contributed by atoms with E-state index >= 15 is 0 Å². The number of nitrogens with zero attached hydrogens (tertiary/aromatic N) is 2. The number of benzene rings is 2. The first-order valence-electron chi connectivity index (χ1n) is 7.62. The second kappa shape index (κ2) is 7.11. The van der Waals surface area contributed by atoms with Crippen LogP contribution in [-0.2, 0) is 5.75 Å². The second-order valence-corrected chi connectivity index (χ2v) is 7.69. The predicted octanol–water partition coefficient (Wildman–Crippen LogP) is 5.00. The molecule has 0 atom stereocenters. The molecule has 0 aliphatic heterocycles. The molecule has 0 aliphatic carbocycles. The van der Waals surface area contributed by atoms with Gasteiger partial charge in [0.2, 0.25) is 5.91 Å². The van der Waals surface area contributed by atoms with Crippen molar-refractivity contribution in [3.63, 3.8) is 0 Å². The van der Waals surface area contributed by atoms with Gasteiger partial charge >= 0.3 is 0 Å². The number of hydrogen-bond donors (Lipinski definition) is 1. The Bertz CT molecular complexity index is 1090. The highest BCUT2D eigenvalue weighted by molar-refractivity contribution is 7.98. The maximum Gasteiger partial charge on any atom is 0.257 e. The topological polar surface area (TPSA) is 82.0 Å². The zero-order valence-corrected chi connectivity index (χ0v) is 15.7. The molecule has 2 aromatic carbocycles. The summed E-state index contributed by atoms with van der Waals surface area (Å²) in [5, 5.41) is 4.10. The number of carbonyl (C=O) groups is 1. The minimum atomic E-state index is -0.438. The molecule has 0 bridgehead atoms. The Morgan fingerprint density at radius 1 is 1.19 bits per heavy atom. The molecule has 26 heavy (non-hydrogen) atoms. The average Bonchev–Trinajstić information content (AvgIpc) is 3.26. The number of aromatic nitrogens is 2. The van der Waals surface area contributed by atoms with Gasteiger partial charge in [-0.05, 0) is 24.3 Å². The Balaban J connectivity index is 1.46. The number of nitrogens with two attached hydrogens (primary N) is 1. The summed E-state index contributed by atoms with van der Waals surface area (Å²) >= 11 is 8.99. The quantitative estimate of drug-likeness (QED) is 0.476. The molecule has 4 aromatic rings. The molecule has 0 saturated heterocycles. The lowest BCUT2D eigenvalue weighted by Crippen LogP contribution is -2.10. The lowest BCUT2D eigenvalue weighted by atomic mass is 10.1. The van der Waals surface area contributed by atoms with Crippen LogP contribution >= 0.6 is 34.7 Å². The lowest BCUT2D eigenvalue weighted by molar-refractivity contribution is 0.100. The largest absolute Gasteiger partial charge is 0.431 e. The molecule has 4 rings (SSSR count). The molecule has 0 aliphatic rings. The molecule has 0 radical (unpaired) electrons. The van der Waals surface area contributed by atoms with Crippen molar-refractivity contribution in [1.29, 1.82) is 0 Å². The molecule has 130 valence electrons. The first-order valence-corrected chi connectivity index (χ1v) is 9.86. The van der Waals surface area contributed by atoms with Crippen molar-refractivity contribution in [2.24, 2.45) is 5.73 Å². The summed E-state index contributed by atoms with van der Waals surface area (Å²) in [6, 6.07) is 12.5. The average molecular weight is 402 g/mol. The Kier molecular flexibility index (Phi) is 4.67. The number of carbonyl (C=O) groups excluding carboxylic acids is 1. The molecule has 0 unspecified atom stereocenters. The summed E-state index contributed by atoms with van der Waals surface area (Å²) in [5.74, 6) is 0.212. The number of rotatable bonds is 5. The number of primary amides is 1. The van der Waals surface area contributed by atoms with Gasteiger partial charge in [-0.3, -0.25) is 4.79 Å². The summed E-state index contributed by atoms with van der Waals surface area (Å²) in [5.41, 5.74) is 9.09. The number of thiazole rings is 1. The summed E-state index contributed by atoms with van der Waals surface area (Å²) in [4.78, 5) is 20.2. The fourth-order valence-electron chi connectivity index (χ4n) is 2.36. The molecule has 2 N–H and O–H groups in total. The van der Waals surface area contributed by atoms with Crippen LogP contribution in [-0.4, -0.2) is 15.9 Å². The summed E-state index contributed by atoms with van der Waals surface area (Å²) in [6.07, 6.45) is 0. The van der Waals surface area contributed by atoms with Crippen molar-refractivity contribution in [3.05, 3.63) is 64.1 Å². The number of oxazole rings is 1. The number of halogens is 1. The van der Waals surface area contributed by atoms with Gasteiger partial charge < -0.3 is 10.2 Å². The van der Waals surface area contributed by atoms with E-state index in [4.69, 9.17) is 21.8 Å². The maximum atomic E-state index is 11.1. The van der Waals surface area contributed by atoms with Crippen molar-refractivity contribution >= 4 is 51.7 Å². The van der Waals surface area contributed by atoms with Gasteiger partial charge in [0, 0.05) is 33.3 Å². The van der Waals surface area contributed by atoms with Gasteiger partial charge in [0.25, 0.3) is 5.22 Å². The number of thioether (sulfide) groups is 1. The van der Waals surface area contributed by atoms with Crippen molar-refractivity contribution in [1.82, 2.24) is 9.97 Å². The SMILES string of the molecule is NC(=O)c1ccc(-c2nc(CSc3nc4ccc(Cl)cc4o3)cs2)cc1. The number of hydrogen-bond acceptors (Lipinski definition) is 6. The molecule has 0 saturated carbocycles. The van der Waals surface area contributed by atoms with Crippen LogP contribution in [0.2, 0.25) is 5.02 Å². The third-order valence-corrected chi connectivity index (χ3v) is 5.68. The van der Waals surface area contributed by atoms with Crippen LogP contribution < -0.4 is 5.73 Å². The molecule has 8 heteroatoms. The van der Waals surface area contributed by atoms with E-state index in [2.05, 4.69) is 9.97 Å². The number of fused-ring (bicyclic) bond motifs is 1. The third-order valence-electron chi connectivity index (χ3n) is 3.64. The van der Waals surface area contributed by atoms with E-state index in [1.807, 2.05) is 23.6 Å². The van der Waals surface area contributed by atoms with E-state index in [0.29, 0.717) is 27.1 Å². The summed E-state index contributed by atoms with van der Waals surface area (Å²) in [6.45, 7) is 0. The minimum absolute atomic E-state index is 0.438. The van der Waals surface area contributed by atoms with Crippen LogP contribution in [0.4, 0.5) is 0 Å². The number of amides is 1. The van der Waals surface area contributed by atoms with Crippen molar-refractivity contribution in [2.45, 2.75) is 11.0 Å². The standard InChI is InChI=1S/C18H12ClN3O2S2/c19-12-5-6-14-15(7-12)24-18(22-14)26-9-13-8-25-17(21-13)11-3-1-10(2-4-11)16(20)23/h1-8H,9H2,(H2,20,23).